The summed E-state index contributed by atoms with van der Waals surface area (Å²) in [6.45, 7) is 3.40. The van der Waals surface area contributed by atoms with Crippen molar-refractivity contribution < 1.29 is 13.2 Å². The average Bonchev–Trinajstić information content (AvgIpc) is 2.64. The predicted molar refractivity (Wildman–Crippen MR) is 106 cm³/mol. The summed E-state index contributed by atoms with van der Waals surface area (Å²) in [5, 5.41) is 3.09. The first kappa shape index (κ1) is 18.6. The van der Waals surface area contributed by atoms with Gasteiger partial charge < -0.3 is 5.32 Å². The minimum absolute atomic E-state index is 0.0209. The normalized spacial score (nSPS) is 11.0. The average molecular weight is 381 g/mol. The highest BCUT2D eigenvalue weighted by Crippen LogP contribution is 2.20. The minimum Gasteiger partial charge on any atom is -0.340 e. The van der Waals surface area contributed by atoms with Gasteiger partial charge in [-0.05, 0) is 50.2 Å². The van der Waals surface area contributed by atoms with E-state index >= 15 is 0 Å². The molecule has 3 rings (SSSR count). The number of pyridine rings is 1. The number of rotatable bonds is 6. The molecule has 0 saturated carbocycles. The van der Waals surface area contributed by atoms with Gasteiger partial charge in [-0.2, -0.15) is 0 Å². The van der Waals surface area contributed by atoms with Crippen LogP contribution in [0.25, 0.3) is 0 Å². The highest BCUT2D eigenvalue weighted by Gasteiger charge is 2.14. The molecule has 1 heterocycles. The Morgan fingerprint density at radius 1 is 0.963 bits per heavy atom. The number of anilines is 3. The van der Waals surface area contributed by atoms with Gasteiger partial charge in [-0.15, -0.1) is 0 Å². The molecule has 0 bridgehead atoms. The Balaban J connectivity index is 1.73. The molecule has 0 atom stereocenters. The Hall–Kier alpha value is -3.19. The molecule has 2 N–H and O–H groups in total. The van der Waals surface area contributed by atoms with Crippen LogP contribution in [0.4, 0.5) is 17.2 Å². The van der Waals surface area contributed by atoms with E-state index in [0.29, 0.717) is 17.1 Å². The fourth-order valence-corrected chi connectivity index (χ4v) is 3.47. The van der Waals surface area contributed by atoms with Crippen LogP contribution < -0.4 is 10.0 Å². The lowest BCUT2D eigenvalue weighted by Crippen LogP contribution is -2.13. The molecule has 0 fully saturated rings. The molecular weight excluding hydrogens is 362 g/mol. The molecule has 27 heavy (non-hydrogen) atoms. The van der Waals surface area contributed by atoms with E-state index in [0.717, 1.165) is 11.3 Å². The standard InChI is InChI=1S/C20H19N3O3S/c1-14-6-9-19(10-7-14)27(25,26)23-18-8-11-20(21-13-18)22-17-5-3-4-16(12-17)15(2)24/h3-13,23H,1-2H3,(H,21,22). The highest BCUT2D eigenvalue weighted by atomic mass is 32.2. The van der Waals surface area contributed by atoms with Gasteiger partial charge in [-0.25, -0.2) is 13.4 Å². The van der Waals surface area contributed by atoms with Gasteiger partial charge in [-0.1, -0.05) is 29.8 Å². The van der Waals surface area contributed by atoms with E-state index in [-0.39, 0.29) is 10.7 Å². The fraction of sp³-hybridized carbons (Fsp3) is 0.100. The van der Waals surface area contributed by atoms with Crippen LogP contribution in [0.1, 0.15) is 22.8 Å². The Labute approximate surface area is 158 Å². The number of ketones is 1. The van der Waals surface area contributed by atoms with Crippen molar-refractivity contribution in [1.29, 1.82) is 0 Å². The number of nitrogens with zero attached hydrogens (tertiary/aromatic N) is 1. The summed E-state index contributed by atoms with van der Waals surface area (Å²) in [6.07, 6.45) is 1.43. The molecule has 0 saturated heterocycles. The predicted octanol–water partition coefficient (Wildman–Crippen LogP) is 4.14. The zero-order valence-corrected chi connectivity index (χ0v) is 15.7. The zero-order valence-electron chi connectivity index (χ0n) is 14.9. The van der Waals surface area contributed by atoms with Crippen LogP contribution in [-0.4, -0.2) is 19.2 Å². The van der Waals surface area contributed by atoms with E-state index < -0.39 is 10.0 Å². The summed E-state index contributed by atoms with van der Waals surface area (Å²) in [4.78, 5) is 15.9. The number of aromatic nitrogens is 1. The highest BCUT2D eigenvalue weighted by molar-refractivity contribution is 7.92. The maximum absolute atomic E-state index is 12.4. The van der Waals surface area contributed by atoms with Gasteiger partial charge in [0.05, 0.1) is 16.8 Å². The van der Waals surface area contributed by atoms with E-state index in [1.165, 1.54) is 13.1 Å². The smallest absolute Gasteiger partial charge is 0.261 e. The Bertz CT molecular complexity index is 1060. The van der Waals surface area contributed by atoms with Gasteiger partial charge in [-0.3, -0.25) is 9.52 Å². The Morgan fingerprint density at radius 2 is 1.70 bits per heavy atom. The van der Waals surface area contributed by atoms with Gasteiger partial charge in [0.1, 0.15) is 5.82 Å². The SMILES string of the molecule is CC(=O)c1cccc(Nc2ccc(NS(=O)(=O)c3ccc(C)cc3)cn2)c1. The van der Waals surface area contributed by atoms with Crippen molar-refractivity contribution in [1.82, 2.24) is 4.98 Å². The number of benzene rings is 2. The van der Waals surface area contributed by atoms with Gasteiger partial charge in [0.15, 0.2) is 5.78 Å². The van der Waals surface area contributed by atoms with Gasteiger partial charge in [0.25, 0.3) is 10.0 Å². The summed E-state index contributed by atoms with van der Waals surface area (Å²) in [5.41, 5.74) is 2.67. The molecule has 0 aliphatic rings. The second-order valence-electron chi connectivity index (χ2n) is 6.11. The van der Waals surface area contributed by atoms with Gasteiger partial charge in [0, 0.05) is 11.3 Å². The molecule has 2 aromatic carbocycles. The van der Waals surface area contributed by atoms with Crippen molar-refractivity contribution in [3.8, 4) is 0 Å². The molecule has 138 valence electrons. The molecule has 1 aromatic heterocycles. The van der Waals surface area contributed by atoms with Crippen molar-refractivity contribution in [3.05, 3.63) is 78.0 Å². The second-order valence-corrected chi connectivity index (χ2v) is 7.80. The van der Waals surface area contributed by atoms with Crippen LogP contribution in [0.2, 0.25) is 0 Å². The first-order valence-electron chi connectivity index (χ1n) is 8.27. The quantitative estimate of drug-likeness (QED) is 0.627. The van der Waals surface area contributed by atoms with E-state index in [9.17, 15) is 13.2 Å². The van der Waals surface area contributed by atoms with E-state index in [1.54, 1.807) is 54.6 Å². The summed E-state index contributed by atoms with van der Waals surface area (Å²) in [5.74, 6) is 0.515. The largest absolute Gasteiger partial charge is 0.340 e. The van der Waals surface area contributed by atoms with Crippen molar-refractivity contribution >= 4 is 33.0 Å². The van der Waals surface area contributed by atoms with Crippen LogP contribution in [0, 0.1) is 6.92 Å². The molecule has 0 amide bonds. The zero-order chi connectivity index (χ0) is 19.4. The number of hydrogen-bond donors (Lipinski definition) is 2. The summed E-state index contributed by atoms with van der Waals surface area (Å²) < 4.78 is 27.3. The van der Waals surface area contributed by atoms with Crippen molar-refractivity contribution in [2.24, 2.45) is 0 Å². The number of Topliss-reactive ketones (excluding diaryl/α,β-unsaturated/α-hetero) is 1. The Morgan fingerprint density at radius 3 is 2.33 bits per heavy atom. The second kappa shape index (κ2) is 7.59. The lowest BCUT2D eigenvalue weighted by atomic mass is 10.1. The third-order valence-electron chi connectivity index (χ3n) is 3.89. The lowest BCUT2D eigenvalue weighted by molar-refractivity contribution is 0.101. The van der Waals surface area contributed by atoms with E-state index in [4.69, 9.17) is 0 Å². The molecule has 7 heteroatoms. The molecule has 0 aliphatic heterocycles. The summed E-state index contributed by atoms with van der Waals surface area (Å²) in [7, 11) is -3.66. The number of nitrogens with one attached hydrogen (secondary N) is 2. The maximum Gasteiger partial charge on any atom is 0.261 e. The van der Waals surface area contributed by atoms with Crippen LogP contribution in [-0.2, 0) is 10.0 Å². The van der Waals surface area contributed by atoms with Crippen LogP contribution in [0.5, 0.6) is 0 Å². The van der Waals surface area contributed by atoms with Crippen molar-refractivity contribution in [2.45, 2.75) is 18.7 Å². The van der Waals surface area contributed by atoms with Crippen LogP contribution in [0.15, 0.2) is 71.8 Å². The molecule has 0 spiro atoms. The number of sulfonamides is 1. The first-order valence-corrected chi connectivity index (χ1v) is 9.75. The molecular formula is C20H19N3O3S. The third-order valence-corrected chi connectivity index (χ3v) is 5.29. The first-order chi connectivity index (χ1) is 12.8. The number of hydrogen-bond acceptors (Lipinski definition) is 5. The molecule has 3 aromatic rings. The van der Waals surface area contributed by atoms with Gasteiger partial charge >= 0.3 is 0 Å². The van der Waals surface area contributed by atoms with Crippen LogP contribution >= 0.6 is 0 Å². The van der Waals surface area contributed by atoms with Crippen LogP contribution in [0.3, 0.4) is 0 Å². The number of carbonyl (C=O) groups excluding carboxylic acids is 1. The Kier molecular flexibility index (Phi) is 5.23. The minimum atomic E-state index is -3.66. The topological polar surface area (TPSA) is 88.2 Å². The van der Waals surface area contributed by atoms with E-state index in [1.807, 2.05) is 13.0 Å². The van der Waals surface area contributed by atoms with Crippen molar-refractivity contribution in [3.63, 3.8) is 0 Å². The molecule has 0 aliphatic carbocycles. The number of aryl methyl sites for hydroxylation is 1. The van der Waals surface area contributed by atoms with E-state index in [2.05, 4.69) is 15.0 Å². The molecule has 6 nitrogen and oxygen atoms in total. The third kappa shape index (κ3) is 4.71. The molecule has 0 unspecified atom stereocenters. The summed E-state index contributed by atoms with van der Waals surface area (Å²) >= 11 is 0. The maximum atomic E-state index is 12.4. The fourth-order valence-electron chi connectivity index (χ4n) is 2.42. The van der Waals surface area contributed by atoms with Crippen molar-refractivity contribution in [2.75, 3.05) is 10.0 Å². The van der Waals surface area contributed by atoms with Gasteiger partial charge in [0.2, 0.25) is 0 Å². The number of carbonyl (C=O) groups is 1. The monoisotopic (exact) mass is 381 g/mol. The lowest BCUT2D eigenvalue weighted by Gasteiger charge is -2.10. The molecule has 0 radical (unpaired) electrons. The summed E-state index contributed by atoms with van der Waals surface area (Å²) in [6, 6.07) is 17.0.